The smallest absolute Gasteiger partial charge is 0.322 e. The average Bonchev–Trinajstić information content (AvgIpc) is 3.57. The zero-order valence-electron chi connectivity index (χ0n) is 26.0. The molecule has 1 aromatic heterocycles. The first-order valence-electron chi connectivity index (χ1n) is 15.8. The number of likely N-dealkylation sites (tertiary alicyclic amines) is 2. The molecule has 3 heterocycles. The number of benzene rings is 3. The van der Waals surface area contributed by atoms with Crippen molar-refractivity contribution in [3.8, 4) is 11.1 Å². The van der Waals surface area contributed by atoms with Gasteiger partial charge in [0.2, 0.25) is 11.8 Å². The van der Waals surface area contributed by atoms with Gasteiger partial charge in [0.1, 0.15) is 12.6 Å². The van der Waals surface area contributed by atoms with Gasteiger partial charge in [-0.2, -0.15) is 5.10 Å². The number of halogens is 4. The number of primary amides is 1. The predicted molar refractivity (Wildman–Crippen MR) is 176 cm³/mol. The van der Waals surface area contributed by atoms with Crippen LogP contribution in [-0.4, -0.2) is 74.4 Å². The van der Waals surface area contributed by atoms with E-state index in [9.17, 15) is 28.0 Å². The summed E-state index contributed by atoms with van der Waals surface area (Å²) in [5.41, 5.74) is 6.67. The summed E-state index contributed by atoms with van der Waals surface area (Å²) in [5, 5.41) is 10.1. The van der Waals surface area contributed by atoms with E-state index in [0.717, 1.165) is 11.3 Å². The summed E-state index contributed by atoms with van der Waals surface area (Å²) in [6.07, 6.45) is 1.02. The van der Waals surface area contributed by atoms with Crippen molar-refractivity contribution in [2.45, 2.75) is 50.2 Å². The van der Waals surface area contributed by atoms with Crippen LogP contribution in [0.25, 0.3) is 22.0 Å². The van der Waals surface area contributed by atoms with Crippen molar-refractivity contribution in [3.63, 3.8) is 0 Å². The predicted octanol–water partition coefficient (Wildman–Crippen LogP) is 5.49. The number of carbonyl (C=O) groups excluding carboxylic acids is 4. The van der Waals surface area contributed by atoms with E-state index in [4.69, 9.17) is 17.3 Å². The summed E-state index contributed by atoms with van der Waals surface area (Å²) in [4.78, 5) is 54.9. The average molecular weight is 694 g/mol. The zero-order valence-corrected chi connectivity index (χ0v) is 26.7. The molecule has 3 atom stereocenters. The SMILES string of the molecule is NC(=O)c1nn(CC(=O)N2C3C[C@@H]3C[C@H]2C(=O)Nc2cccc(-c3ccccc3Cl)c2F)c2ccc(NC(=O)N3CCCC(F)(F)C3)cc12. The third-order valence-electron chi connectivity index (χ3n) is 9.32. The molecule has 1 aliphatic carbocycles. The Morgan fingerprint density at radius 1 is 1.00 bits per heavy atom. The molecule has 3 fully saturated rings. The van der Waals surface area contributed by atoms with Crippen LogP contribution < -0.4 is 16.4 Å². The van der Waals surface area contributed by atoms with E-state index >= 15 is 4.39 Å². The van der Waals surface area contributed by atoms with Gasteiger partial charge in [-0.1, -0.05) is 41.9 Å². The van der Waals surface area contributed by atoms with Crippen molar-refractivity contribution in [3.05, 3.63) is 77.2 Å². The molecule has 11 nitrogen and oxygen atoms in total. The van der Waals surface area contributed by atoms with Crippen LogP contribution >= 0.6 is 11.6 Å². The molecule has 7 rings (SSSR count). The number of hydrogen-bond acceptors (Lipinski definition) is 5. The fourth-order valence-corrected chi connectivity index (χ4v) is 7.13. The van der Waals surface area contributed by atoms with E-state index in [2.05, 4.69) is 15.7 Å². The van der Waals surface area contributed by atoms with E-state index < -0.39 is 48.1 Å². The van der Waals surface area contributed by atoms with Gasteiger partial charge in [0.15, 0.2) is 11.5 Å². The van der Waals surface area contributed by atoms with Crippen molar-refractivity contribution < 1.29 is 32.3 Å². The van der Waals surface area contributed by atoms with Gasteiger partial charge in [-0.3, -0.25) is 19.1 Å². The van der Waals surface area contributed by atoms with Gasteiger partial charge in [-0.05, 0) is 55.5 Å². The maximum absolute atomic E-state index is 15.6. The number of hydrogen-bond donors (Lipinski definition) is 3. The Kier molecular flexibility index (Phi) is 8.21. The van der Waals surface area contributed by atoms with Gasteiger partial charge in [-0.25, -0.2) is 18.0 Å². The lowest BCUT2D eigenvalue weighted by Gasteiger charge is -2.32. The number of alkyl halides is 2. The maximum atomic E-state index is 15.6. The molecule has 5 amide bonds. The van der Waals surface area contributed by atoms with Crippen LogP contribution in [0.2, 0.25) is 5.02 Å². The molecule has 4 N–H and O–H groups in total. The van der Waals surface area contributed by atoms with Crippen LogP contribution in [0, 0.1) is 11.7 Å². The molecule has 2 aliphatic heterocycles. The minimum Gasteiger partial charge on any atom is -0.364 e. The number of nitrogens with two attached hydrogens (primary N) is 1. The molecule has 0 bridgehead atoms. The van der Waals surface area contributed by atoms with Gasteiger partial charge < -0.3 is 26.2 Å². The lowest BCUT2D eigenvalue weighted by atomic mass is 10.0. The quantitative estimate of drug-likeness (QED) is 0.235. The third kappa shape index (κ3) is 6.28. The van der Waals surface area contributed by atoms with E-state index in [-0.39, 0.29) is 65.9 Å². The molecule has 4 aromatic rings. The molecule has 3 aromatic carbocycles. The Hall–Kier alpha value is -5.11. The van der Waals surface area contributed by atoms with Gasteiger partial charge in [0, 0.05) is 46.2 Å². The number of amides is 5. The monoisotopic (exact) mass is 693 g/mol. The van der Waals surface area contributed by atoms with Gasteiger partial charge in [0.25, 0.3) is 11.8 Å². The second-order valence-corrected chi connectivity index (χ2v) is 13.1. The first kappa shape index (κ1) is 32.4. The minimum atomic E-state index is -2.97. The highest BCUT2D eigenvalue weighted by Crippen LogP contribution is 2.48. The van der Waals surface area contributed by atoms with Crippen LogP contribution in [0.1, 0.15) is 36.2 Å². The summed E-state index contributed by atoms with van der Waals surface area (Å²) < 4.78 is 44.6. The van der Waals surface area contributed by atoms with E-state index in [1.807, 2.05) is 0 Å². The first-order chi connectivity index (χ1) is 23.4. The van der Waals surface area contributed by atoms with Crippen LogP contribution in [0.15, 0.2) is 60.7 Å². The summed E-state index contributed by atoms with van der Waals surface area (Å²) >= 11 is 6.28. The van der Waals surface area contributed by atoms with Crippen LogP contribution in [0.5, 0.6) is 0 Å². The number of piperidine rings is 2. The molecule has 49 heavy (non-hydrogen) atoms. The number of rotatable bonds is 7. The zero-order chi connectivity index (χ0) is 34.6. The highest BCUT2D eigenvalue weighted by molar-refractivity contribution is 6.33. The maximum Gasteiger partial charge on any atom is 0.322 e. The van der Waals surface area contributed by atoms with E-state index in [1.165, 1.54) is 33.8 Å². The van der Waals surface area contributed by atoms with Crippen molar-refractivity contribution >= 4 is 57.6 Å². The molecule has 2 saturated heterocycles. The second-order valence-electron chi connectivity index (χ2n) is 12.7. The highest BCUT2D eigenvalue weighted by atomic mass is 35.5. The summed E-state index contributed by atoms with van der Waals surface area (Å²) in [5.74, 6) is -5.35. The Bertz CT molecular complexity index is 2020. The van der Waals surface area contributed by atoms with E-state index in [1.54, 1.807) is 36.4 Å². The Morgan fingerprint density at radius 2 is 1.78 bits per heavy atom. The molecule has 1 unspecified atom stereocenters. The Labute approximate surface area is 283 Å². The normalized spacial score (nSPS) is 20.9. The topological polar surface area (TPSA) is 143 Å². The summed E-state index contributed by atoms with van der Waals surface area (Å²) in [6, 6.07) is 14.1. The van der Waals surface area contributed by atoms with Gasteiger partial charge in [-0.15, -0.1) is 0 Å². The second kappa shape index (κ2) is 12.4. The van der Waals surface area contributed by atoms with Crippen LogP contribution in [-0.2, 0) is 16.1 Å². The molecule has 3 aliphatic rings. The van der Waals surface area contributed by atoms with Crippen molar-refractivity contribution in [1.29, 1.82) is 0 Å². The lowest BCUT2D eigenvalue weighted by Crippen LogP contribution is -2.47. The molecule has 15 heteroatoms. The number of anilines is 2. The number of aromatic nitrogens is 2. The summed E-state index contributed by atoms with van der Waals surface area (Å²) in [7, 11) is 0. The van der Waals surface area contributed by atoms with Crippen molar-refractivity contribution in [1.82, 2.24) is 19.6 Å². The largest absolute Gasteiger partial charge is 0.364 e. The molecule has 0 radical (unpaired) electrons. The lowest BCUT2D eigenvalue weighted by molar-refractivity contribution is -0.138. The van der Waals surface area contributed by atoms with Gasteiger partial charge in [0.05, 0.1) is 17.7 Å². The number of carbonyl (C=O) groups is 4. The Morgan fingerprint density at radius 3 is 2.53 bits per heavy atom. The van der Waals surface area contributed by atoms with Gasteiger partial charge >= 0.3 is 6.03 Å². The number of urea groups is 1. The van der Waals surface area contributed by atoms with Crippen molar-refractivity contribution in [2.75, 3.05) is 23.7 Å². The fourth-order valence-electron chi connectivity index (χ4n) is 6.89. The number of nitrogens with one attached hydrogen (secondary N) is 2. The Balaban J connectivity index is 1.09. The third-order valence-corrected chi connectivity index (χ3v) is 9.65. The molecular formula is C34H31ClF3N7O4. The number of nitrogens with zero attached hydrogens (tertiary/aromatic N) is 4. The molecule has 254 valence electrons. The minimum absolute atomic E-state index is 0.0449. The van der Waals surface area contributed by atoms with Crippen LogP contribution in [0.3, 0.4) is 0 Å². The summed E-state index contributed by atoms with van der Waals surface area (Å²) in [6.45, 7) is -0.853. The molecule has 0 spiro atoms. The van der Waals surface area contributed by atoms with E-state index in [0.29, 0.717) is 22.5 Å². The number of fused-ring (bicyclic) bond motifs is 2. The fraction of sp³-hybridized carbons (Fsp3) is 0.324. The molecule has 1 saturated carbocycles. The molecular weight excluding hydrogens is 663 g/mol. The highest BCUT2D eigenvalue weighted by Gasteiger charge is 2.56. The first-order valence-corrected chi connectivity index (χ1v) is 16.2. The van der Waals surface area contributed by atoms with Crippen LogP contribution in [0.4, 0.5) is 29.3 Å². The van der Waals surface area contributed by atoms with Crippen molar-refractivity contribution in [2.24, 2.45) is 11.7 Å². The standard InChI is InChI=1S/C34H31ClF3N7O4/c35-23-7-2-1-5-20(23)21-6-3-8-24(29(21)36)41-32(48)27-14-18-13-26(18)45(27)28(46)16-44-25-10-9-19(15-22(25)30(42-44)31(39)47)40-33(49)43-12-4-11-34(37,38)17-43/h1-3,5-10,15,18,26-27H,4,11-14,16-17H2,(H2,39,47)(H,40,49)(H,41,48)/t18-,26?,27+/m1/s1.